The number of aromatic nitrogens is 1. The predicted octanol–water partition coefficient (Wildman–Crippen LogP) is 2.84. The first kappa shape index (κ1) is 20.2. The molecule has 0 bridgehead atoms. The monoisotopic (exact) mass is 374 g/mol. The van der Waals surface area contributed by atoms with Gasteiger partial charge in [-0.1, -0.05) is 0 Å². The van der Waals surface area contributed by atoms with E-state index in [0.717, 1.165) is 0 Å². The summed E-state index contributed by atoms with van der Waals surface area (Å²) in [5.41, 5.74) is 0.626. The van der Waals surface area contributed by atoms with E-state index in [1.54, 1.807) is 7.11 Å². The van der Waals surface area contributed by atoms with Gasteiger partial charge in [0.15, 0.2) is 0 Å². The highest BCUT2D eigenvalue weighted by Gasteiger charge is 2.15. The zero-order chi connectivity index (χ0) is 19.8. The van der Waals surface area contributed by atoms with Crippen LogP contribution in [0, 0.1) is 0 Å². The lowest BCUT2D eigenvalue weighted by Crippen LogP contribution is -2.16. The summed E-state index contributed by atoms with van der Waals surface area (Å²) < 4.78 is 15.9. The van der Waals surface area contributed by atoms with E-state index < -0.39 is 11.9 Å². The Labute approximate surface area is 157 Å². The molecule has 0 unspecified atom stereocenters. The van der Waals surface area contributed by atoms with Crippen molar-refractivity contribution in [2.24, 2.45) is 0 Å². The smallest absolute Gasteiger partial charge is 0.335 e. The first-order valence-electron chi connectivity index (χ1n) is 8.34. The van der Waals surface area contributed by atoms with Crippen LogP contribution >= 0.6 is 0 Å². The van der Waals surface area contributed by atoms with Gasteiger partial charge in [-0.2, -0.15) is 0 Å². The molecule has 0 aliphatic heterocycles. The number of ether oxygens (including phenoxy) is 3. The molecule has 0 radical (unpaired) electrons. The van der Waals surface area contributed by atoms with E-state index in [2.05, 4.69) is 10.3 Å². The van der Waals surface area contributed by atoms with Crippen molar-refractivity contribution in [2.75, 3.05) is 25.6 Å². The highest BCUT2D eigenvalue weighted by molar-refractivity contribution is 6.05. The summed E-state index contributed by atoms with van der Waals surface area (Å²) in [5.74, 6) is -0.865. The Balaban J connectivity index is 2.22. The van der Waals surface area contributed by atoms with Crippen molar-refractivity contribution in [2.45, 2.75) is 20.0 Å². The number of methoxy groups -OCH3 is 1. The summed E-state index contributed by atoms with van der Waals surface area (Å²) in [6, 6.07) is 7.32. The number of carbonyl (C=O) groups excluding carboxylic acids is 1. The average Bonchev–Trinajstić information content (AvgIpc) is 2.63. The van der Waals surface area contributed by atoms with Crippen LogP contribution in [0.25, 0.3) is 0 Å². The van der Waals surface area contributed by atoms with Gasteiger partial charge in [-0.05, 0) is 38.1 Å². The number of aromatic carboxylic acids is 1. The molecule has 8 nitrogen and oxygen atoms in total. The van der Waals surface area contributed by atoms with Gasteiger partial charge in [0.2, 0.25) is 5.88 Å². The van der Waals surface area contributed by atoms with Gasteiger partial charge in [0, 0.05) is 24.9 Å². The number of carboxylic acids is 1. The van der Waals surface area contributed by atoms with Gasteiger partial charge in [-0.15, -0.1) is 0 Å². The van der Waals surface area contributed by atoms with Crippen molar-refractivity contribution in [3.8, 4) is 11.6 Å². The summed E-state index contributed by atoms with van der Waals surface area (Å²) in [4.78, 5) is 27.9. The maximum atomic E-state index is 12.6. The standard InChI is InChI=1S/C19H22N2O6/c1-12(2)27-16-5-4-14(19(23)24)10-15(16)21-18(22)13-6-7-20-17(11-13)26-9-8-25-3/h4-7,10-12H,8-9H2,1-3H3,(H,21,22)(H,23,24). The van der Waals surface area contributed by atoms with Gasteiger partial charge >= 0.3 is 5.97 Å². The zero-order valence-electron chi connectivity index (χ0n) is 15.4. The molecule has 0 aliphatic rings. The van der Waals surface area contributed by atoms with Crippen LogP contribution in [-0.4, -0.2) is 48.4 Å². The van der Waals surface area contributed by atoms with Crippen molar-refractivity contribution < 1.29 is 28.9 Å². The molecule has 0 spiro atoms. The summed E-state index contributed by atoms with van der Waals surface area (Å²) in [6.45, 7) is 4.38. The summed E-state index contributed by atoms with van der Waals surface area (Å²) >= 11 is 0. The van der Waals surface area contributed by atoms with Gasteiger partial charge in [0.25, 0.3) is 5.91 Å². The molecule has 2 rings (SSSR count). The maximum Gasteiger partial charge on any atom is 0.335 e. The molecule has 0 aliphatic carbocycles. The van der Waals surface area contributed by atoms with E-state index in [1.807, 2.05) is 13.8 Å². The van der Waals surface area contributed by atoms with Gasteiger partial charge < -0.3 is 24.6 Å². The fraction of sp³-hybridized carbons (Fsp3) is 0.316. The minimum absolute atomic E-state index is 0.0414. The van der Waals surface area contributed by atoms with Crippen LogP contribution < -0.4 is 14.8 Å². The molecular weight excluding hydrogens is 352 g/mol. The number of benzene rings is 1. The van der Waals surface area contributed by atoms with Crippen molar-refractivity contribution in [1.29, 1.82) is 0 Å². The molecule has 0 saturated heterocycles. The number of nitrogens with zero attached hydrogens (tertiary/aromatic N) is 1. The number of hydrogen-bond donors (Lipinski definition) is 2. The molecule has 1 aromatic heterocycles. The number of anilines is 1. The number of carbonyl (C=O) groups is 2. The minimum Gasteiger partial charge on any atom is -0.489 e. The molecule has 0 atom stereocenters. The summed E-state index contributed by atoms with van der Waals surface area (Å²) in [7, 11) is 1.56. The minimum atomic E-state index is -1.10. The average molecular weight is 374 g/mol. The van der Waals surface area contributed by atoms with E-state index in [4.69, 9.17) is 14.2 Å². The molecule has 2 N–H and O–H groups in total. The Morgan fingerprint density at radius 1 is 1.15 bits per heavy atom. The second-order valence-corrected chi connectivity index (χ2v) is 5.86. The molecule has 0 saturated carbocycles. The Hall–Kier alpha value is -3.13. The van der Waals surface area contributed by atoms with E-state index in [9.17, 15) is 14.7 Å². The number of amides is 1. The van der Waals surface area contributed by atoms with Crippen LogP contribution in [0.5, 0.6) is 11.6 Å². The molecule has 0 fully saturated rings. The van der Waals surface area contributed by atoms with Crippen molar-refractivity contribution >= 4 is 17.6 Å². The van der Waals surface area contributed by atoms with Gasteiger partial charge in [0.1, 0.15) is 12.4 Å². The molecule has 2 aromatic rings. The van der Waals surface area contributed by atoms with Crippen molar-refractivity contribution in [3.05, 3.63) is 47.7 Å². The van der Waals surface area contributed by atoms with Gasteiger partial charge in [-0.25, -0.2) is 9.78 Å². The Morgan fingerprint density at radius 2 is 1.93 bits per heavy atom. The van der Waals surface area contributed by atoms with Crippen LogP contribution in [0.2, 0.25) is 0 Å². The highest BCUT2D eigenvalue weighted by atomic mass is 16.5. The van der Waals surface area contributed by atoms with Crippen molar-refractivity contribution in [1.82, 2.24) is 4.98 Å². The highest BCUT2D eigenvalue weighted by Crippen LogP contribution is 2.27. The predicted molar refractivity (Wildman–Crippen MR) is 98.7 cm³/mol. The Morgan fingerprint density at radius 3 is 2.59 bits per heavy atom. The number of carboxylic acid groups (broad SMARTS) is 1. The molecular formula is C19H22N2O6. The second kappa shape index (κ2) is 9.54. The SMILES string of the molecule is COCCOc1cc(C(=O)Nc2cc(C(=O)O)ccc2OC(C)C)ccn1. The van der Waals surface area contributed by atoms with Crippen LogP contribution in [0.3, 0.4) is 0 Å². The van der Waals surface area contributed by atoms with Gasteiger partial charge in [0.05, 0.1) is 24.0 Å². The third-order valence-corrected chi connectivity index (χ3v) is 3.37. The Bertz CT molecular complexity index is 807. The van der Waals surface area contributed by atoms with Crippen LogP contribution in [0.4, 0.5) is 5.69 Å². The summed E-state index contributed by atoms with van der Waals surface area (Å²) in [5, 5.41) is 11.9. The number of rotatable bonds is 9. The molecule has 1 amide bonds. The van der Waals surface area contributed by atoms with Crippen LogP contribution in [0.1, 0.15) is 34.6 Å². The van der Waals surface area contributed by atoms with Crippen LogP contribution in [0.15, 0.2) is 36.5 Å². The normalized spacial score (nSPS) is 10.5. The van der Waals surface area contributed by atoms with E-state index in [1.165, 1.54) is 36.5 Å². The molecule has 144 valence electrons. The molecule has 1 aromatic carbocycles. The largest absolute Gasteiger partial charge is 0.489 e. The fourth-order valence-electron chi connectivity index (χ4n) is 2.17. The molecule has 1 heterocycles. The zero-order valence-corrected chi connectivity index (χ0v) is 15.4. The Kier molecular flexibility index (Phi) is 7.13. The first-order chi connectivity index (χ1) is 12.9. The van der Waals surface area contributed by atoms with E-state index >= 15 is 0 Å². The van der Waals surface area contributed by atoms with Crippen LogP contribution in [-0.2, 0) is 4.74 Å². The fourth-order valence-corrected chi connectivity index (χ4v) is 2.17. The lowest BCUT2D eigenvalue weighted by molar-refractivity contribution is 0.0696. The van der Waals surface area contributed by atoms with Gasteiger partial charge in [-0.3, -0.25) is 4.79 Å². The van der Waals surface area contributed by atoms with Crippen molar-refractivity contribution in [3.63, 3.8) is 0 Å². The number of pyridine rings is 1. The number of nitrogens with one attached hydrogen (secondary N) is 1. The third kappa shape index (κ3) is 5.96. The lowest BCUT2D eigenvalue weighted by atomic mass is 10.1. The molecule has 8 heteroatoms. The third-order valence-electron chi connectivity index (χ3n) is 3.37. The van der Waals surface area contributed by atoms with E-state index in [-0.39, 0.29) is 23.2 Å². The topological polar surface area (TPSA) is 107 Å². The lowest BCUT2D eigenvalue weighted by Gasteiger charge is -2.16. The summed E-state index contributed by atoms with van der Waals surface area (Å²) in [6.07, 6.45) is 1.31. The number of hydrogen-bond acceptors (Lipinski definition) is 6. The molecule has 27 heavy (non-hydrogen) atoms. The second-order valence-electron chi connectivity index (χ2n) is 5.86. The quantitative estimate of drug-likeness (QED) is 0.650. The maximum absolute atomic E-state index is 12.6. The van der Waals surface area contributed by atoms with E-state index in [0.29, 0.717) is 24.5 Å². The first-order valence-corrected chi connectivity index (χ1v) is 8.34.